The van der Waals surface area contributed by atoms with Crippen LogP contribution in [0.1, 0.15) is 17.8 Å². The topological polar surface area (TPSA) is 76.4 Å². The van der Waals surface area contributed by atoms with Crippen LogP contribution >= 0.6 is 0 Å². The van der Waals surface area contributed by atoms with Crippen LogP contribution in [0, 0.1) is 0 Å². The van der Waals surface area contributed by atoms with Gasteiger partial charge < -0.3 is 19.7 Å². The van der Waals surface area contributed by atoms with Gasteiger partial charge in [0.05, 0.1) is 13.0 Å². The average Bonchev–Trinajstić information content (AvgIpc) is 3.03. The van der Waals surface area contributed by atoms with Gasteiger partial charge in [0.2, 0.25) is 11.5 Å². The number of benzene rings is 1. The second kappa shape index (κ2) is 8.33. The van der Waals surface area contributed by atoms with Gasteiger partial charge in [0, 0.05) is 32.6 Å². The van der Waals surface area contributed by atoms with Crippen molar-refractivity contribution in [2.24, 2.45) is 0 Å². The molecule has 0 spiro atoms. The fourth-order valence-electron chi connectivity index (χ4n) is 2.47. The lowest BCUT2D eigenvalue weighted by Crippen LogP contribution is -2.48. The molecule has 0 fully saturated rings. The molecule has 1 aromatic carbocycles. The highest BCUT2D eigenvalue weighted by Gasteiger charge is 2.58. The maximum absolute atomic E-state index is 13.6. The van der Waals surface area contributed by atoms with Crippen LogP contribution in [-0.4, -0.2) is 47.0 Å². The molecule has 1 unspecified atom stereocenters. The first kappa shape index (κ1) is 19.9. The zero-order valence-electron chi connectivity index (χ0n) is 14.2. The van der Waals surface area contributed by atoms with Crippen molar-refractivity contribution in [1.29, 1.82) is 0 Å². The first-order valence-electron chi connectivity index (χ1n) is 7.88. The van der Waals surface area contributed by atoms with Gasteiger partial charge in [-0.2, -0.15) is 13.2 Å². The van der Waals surface area contributed by atoms with E-state index in [1.54, 1.807) is 30.3 Å². The number of nitrogens with zero attached hydrogens (tertiary/aromatic N) is 2. The summed E-state index contributed by atoms with van der Waals surface area (Å²) in [6, 6.07) is 8.78. The molecule has 0 saturated heterocycles. The van der Waals surface area contributed by atoms with Crippen LogP contribution < -0.4 is 5.32 Å². The van der Waals surface area contributed by atoms with Crippen molar-refractivity contribution < 1.29 is 27.8 Å². The van der Waals surface area contributed by atoms with Gasteiger partial charge in [-0.15, -0.1) is 0 Å². The molecule has 2 rings (SSSR count). The monoisotopic (exact) mass is 371 g/mol. The van der Waals surface area contributed by atoms with Crippen LogP contribution in [0.4, 0.5) is 13.2 Å². The Balaban J connectivity index is 2.27. The number of aliphatic hydroxyl groups is 1. The van der Waals surface area contributed by atoms with Gasteiger partial charge in [-0.3, -0.25) is 4.79 Å². The molecule has 0 bridgehead atoms. The van der Waals surface area contributed by atoms with Gasteiger partial charge >= 0.3 is 6.18 Å². The highest BCUT2D eigenvalue weighted by molar-refractivity contribution is 5.77. The highest BCUT2D eigenvalue weighted by atomic mass is 19.4. The van der Waals surface area contributed by atoms with E-state index < -0.39 is 29.9 Å². The van der Waals surface area contributed by atoms with Crippen molar-refractivity contribution in [3.8, 4) is 0 Å². The third-order valence-corrected chi connectivity index (χ3v) is 3.79. The largest absolute Gasteiger partial charge is 0.425 e. The van der Waals surface area contributed by atoms with Crippen molar-refractivity contribution in [3.05, 3.63) is 54.1 Å². The lowest BCUT2D eigenvalue weighted by atomic mass is 9.97. The number of aromatic nitrogens is 2. The average molecular weight is 371 g/mol. The number of hydrogen-bond donors (Lipinski definition) is 2. The molecule has 2 N–H and O–H groups in total. The lowest BCUT2D eigenvalue weighted by molar-refractivity contribution is -0.271. The number of rotatable bonds is 8. The predicted octanol–water partition coefficient (Wildman–Crippen LogP) is 1.83. The quantitative estimate of drug-likeness (QED) is 0.695. The second-order valence-corrected chi connectivity index (χ2v) is 5.74. The zero-order valence-corrected chi connectivity index (χ0v) is 14.2. The number of methoxy groups -OCH3 is 1. The maximum atomic E-state index is 13.6. The standard InChI is InChI=1S/C17H20F3N3O3/c1-26-10-8-21-14(24)11-16(25,17(18,19)20)15-22-7-9-23(15)12-13-5-3-2-4-6-13/h2-7,9,25H,8,10-12H2,1H3,(H,21,24). The first-order chi connectivity index (χ1) is 12.3. The minimum atomic E-state index is -5.08. The van der Waals surface area contributed by atoms with E-state index in [9.17, 15) is 23.1 Å². The van der Waals surface area contributed by atoms with Gasteiger partial charge in [-0.1, -0.05) is 30.3 Å². The fraction of sp³-hybridized carbons (Fsp3) is 0.412. The lowest BCUT2D eigenvalue weighted by Gasteiger charge is -2.30. The molecule has 1 amide bonds. The molecule has 142 valence electrons. The summed E-state index contributed by atoms with van der Waals surface area (Å²) in [4.78, 5) is 15.6. The third-order valence-electron chi connectivity index (χ3n) is 3.79. The summed E-state index contributed by atoms with van der Waals surface area (Å²) in [6.45, 7) is 0.278. The van der Waals surface area contributed by atoms with Crippen LogP contribution in [0.15, 0.2) is 42.7 Å². The molecule has 1 atom stereocenters. The number of amides is 1. The van der Waals surface area contributed by atoms with Crippen LogP contribution in [-0.2, 0) is 21.7 Å². The summed E-state index contributed by atoms with van der Waals surface area (Å²) >= 11 is 0. The molecule has 2 aromatic rings. The van der Waals surface area contributed by atoms with Crippen molar-refractivity contribution in [2.45, 2.75) is 24.7 Å². The van der Waals surface area contributed by atoms with E-state index in [-0.39, 0.29) is 19.7 Å². The van der Waals surface area contributed by atoms with E-state index in [1.807, 2.05) is 0 Å². The number of ether oxygens (including phenoxy) is 1. The van der Waals surface area contributed by atoms with Gasteiger partial charge in [0.15, 0.2) is 5.82 Å². The fourth-order valence-corrected chi connectivity index (χ4v) is 2.47. The summed E-state index contributed by atoms with van der Waals surface area (Å²) in [6.07, 6.45) is -3.77. The Bertz CT molecular complexity index is 719. The predicted molar refractivity (Wildman–Crippen MR) is 87.2 cm³/mol. The van der Waals surface area contributed by atoms with Crippen LogP contribution in [0.3, 0.4) is 0 Å². The Hall–Kier alpha value is -2.39. The Kier molecular flexibility index (Phi) is 6.38. The van der Waals surface area contributed by atoms with Crippen LogP contribution in [0.5, 0.6) is 0 Å². The Morgan fingerprint density at radius 3 is 2.62 bits per heavy atom. The molecule has 0 aliphatic rings. The molecule has 0 aliphatic heterocycles. The number of carbonyl (C=O) groups is 1. The Labute approximate surface area is 148 Å². The molecular weight excluding hydrogens is 351 g/mol. The Morgan fingerprint density at radius 1 is 1.31 bits per heavy atom. The normalized spacial score (nSPS) is 14.0. The number of nitrogens with one attached hydrogen (secondary N) is 1. The van der Waals surface area contributed by atoms with E-state index in [0.717, 1.165) is 11.8 Å². The third kappa shape index (κ3) is 4.61. The van der Waals surface area contributed by atoms with Gasteiger partial charge in [-0.05, 0) is 5.56 Å². The summed E-state index contributed by atoms with van der Waals surface area (Å²) in [7, 11) is 1.40. The zero-order chi connectivity index (χ0) is 19.2. The first-order valence-corrected chi connectivity index (χ1v) is 7.88. The smallest absolute Gasteiger partial charge is 0.383 e. The molecule has 9 heteroatoms. The number of imidazole rings is 1. The van der Waals surface area contributed by atoms with E-state index in [0.29, 0.717) is 0 Å². The minimum Gasteiger partial charge on any atom is -0.383 e. The van der Waals surface area contributed by atoms with Crippen molar-refractivity contribution in [1.82, 2.24) is 14.9 Å². The van der Waals surface area contributed by atoms with Crippen molar-refractivity contribution >= 4 is 5.91 Å². The van der Waals surface area contributed by atoms with Crippen molar-refractivity contribution in [3.63, 3.8) is 0 Å². The molecule has 0 radical (unpaired) electrons. The van der Waals surface area contributed by atoms with E-state index >= 15 is 0 Å². The SMILES string of the molecule is COCCNC(=O)CC(O)(c1nccn1Cc1ccccc1)C(F)(F)F. The van der Waals surface area contributed by atoms with E-state index in [1.165, 1.54) is 17.9 Å². The molecule has 0 saturated carbocycles. The molecule has 6 nitrogen and oxygen atoms in total. The summed E-state index contributed by atoms with van der Waals surface area (Å²) < 4.78 is 46.8. The molecular formula is C17H20F3N3O3. The molecule has 1 heterocycles. The highest BCUT2D eigenvalue weighted by Crippen LogP contribution is 2.41. The summed E-state index contributed by atoms with van der Waals surface area (Å²) in [5.41, 5.74) is -2.66. The van der Waals surface area contributed by atoms with Gasteiger partial charge in [0.1, 0.15) is 0 Å². The van der Waals surface area contributed by atoms with Crippen LogP contribution in [0.25, 0.3) is 0 Å². The number of carbonyl (C=O) groups excluding carboxylic acids is 1. The second-order valence-electron chi connectivity index (χ2n) is 5.74. The van der Waals surface area contributed by atoms with E-state index in [2.05, 4.69) is 10.3 Å². The number of halogens is 3. The molecule has 1 aromatic heterocycles. The summed E-state index contributed by atoms with van der Waals surface area (Å²) in [5.74, 6) is -1.58. The maximum Gasteiger partial charge on any atom is 0.425 e. The molecule has 0 aliphatic carbocycles. The van der Waals surface area contributed by atoms with Crippen LogP contribution in [0.2, 0.25) is 0 Å². The van der Waals surface area contributed by atoms with Gasteiger partial charge in [-0.25, -0.2) is 4.98 Å². The van der Waals surface area contributed by atoms with Gasteiger partial charge in [0.25, 0.3) is 0 Å². The van der Waals surface area contributed by atoms with E-state index in [4.69, 9.17) is 4.74 Å². The summed E-state index contributed by atoms with van der Waals surface area (Å²) in [5, 5.41) is 12.7. The Morgan fingerprint density at radius 2 is 2.00 bits per heavy atom. The minimum absolute atomic E-state index is 0.0434. The number of alkyl halides is 3. The van der Waals surface area contributed by atoms with Crippen molar-refractivity contribution in [2.75, 3.05) is 20.3 Å². The molecule has 26 heavy (non-hydrogen) atoms. The number of hydrogen-bond acceptors (Lipinski definition) is 4.